The standard InChI is InChI=1S/C30H36F3N7O3/c1-17-13-39(14-18(2)38(17)5)26-10-24(31)21(20-11-34-30(35-12-20)40-6-7-43-16-19(40)3)8-25(26)36-29(42)23-15-37(4)27(41)9-22(23)28(32)33/h8-12,15,17-19,28H,6-7,13-14,16H2,1-5H3,(H,36,42)/t17-,18+,19-/m0/s1. The third-order valence-corrected chi connectivity index (χ3v) is 8.35. The second-order valence-corrected chi connectivity index (χ2v) is 11.4. The molecule has 0 radical (unpaired) electrons. The fourth-order valence-corrected chi connectivity index (χ4v) is 5.58. The number of amides is 1. The van der Waals surface area contributed by atoms with Crippen LogP contribution in [0, 0.1) is 5.82 Å². The molecule has 0 unspecified atom stereocenters. The second kappa shape index (κ2) is 12.3. The maximum absolute atomic E-state index is 15.8. The molecule has 2 saturated heterocycles. The predicted molar refractivity (Wildman–Crippen MR) is 159 cm³/mol. The number of carbonyl (C=O) groups excluding carboxylic acids is 1. The molecule has 2 aromatic heterocycles. The van der Waals surface area contributed by atoms with Gasteiger partial charge in [-0.25, -0.2) is 23.1 Å². The molecule has 43 heavy (non-hydrogen) atoms. The molecular formula is C30H36F3N7O3. The fourth-order valence-electron chi connectivity index (χ4n) is 5.58. The third kappa shape index (κ3) is 6.23. The van der Waals surface area contributed by atoms with Gasteiger partial charge in [-0.1, -0.05) is 0 Å². The SMILES string of the molecule is C[C@@H]1CN(c2cc(F)c(-c3cnc(N4CCOC[C@@H]4C)nc3)cc2NC(=O)c2cn(C)c(=O)cc2C(F)F)C[C@H](C)N1C. The average Bonchev–Trinajstić information content (AvgIpc) is 2.97. The number of nitrogens with one attached hydrogen (secondary N) is 1. The summed E-state index contributed by atoms with van der Waals surface area (Å²) in [5, 5.41) is 2.74. The highest BCUT2D eigenvalue weighted by Gasteiger charge is 2.30. The van der Waals surface area contributed by atoms with Crippen LogP contribution in [0.25, 0.3) is 11.1 Å². The molecule has 2 aliphatic rings. The topological polar surface area (TPSA) is 95.8 Å². The first-order chi connectivity index (χ1) is 20.4. The van der Waals surface area contributed by atoms with Crippen molar-refractivity contribution in [3.05, 3.63) is 64.1 Å². The number of hydrogen-bond donors (Lipinski definition) is 1. The highest BCUT2D eigenvalue weighted by atomic mass is 19.3. The van der Waals surface area contributed by atoms with Crippen LogP contribution in [0.3, 0.4) is 0 Å². The van der Waals surface area contributed by atoms with Crippen LogP contribution in [0.1, 0.15) is 43.1 Å². The van der Waals surface area contributed by atoms with Gasteiger partial charge in [0.05, 0.1) is 36.2 Å². The van der Waals surface area contributed by atoms with Crippen LogP contribution in [-0.4, -0.2) is 83.4 Å². The quantitative estimate of drug-likeness (QED) is 0.456. The number of halogens is 3. The number of piperazine rings is 1. The van der Waals surface area contributed by atoms with Crippen molar-refractivity contribution in [2.24, 2.45) is 7.05 Å². The lowest BCUT2D eigenvalue weighted by molar-refractivity contribution is 0.0981. The minimum Gasteiger partial charge on any atom is -0.377 e. The summed E-state index contributed by atoms with van der Waals surface area (Å²) in [5.74, 6) is -0.883. The normalized spacial score (nSPS) is 21.4. The Morgan fingerprint density at radius 1 is 1.05 bits per heavy atom. The highest BCUT2D eigenvalue weighted by molar-refractivity contribution is 6.07. The second-order valence-electron chi connectivity index (χ2n) is 11.4. The van der Waals surface area contributed by atoms with Crippen molar-refractivity contribution >= 4 is 23.2 Å². The molecule has 1 aromatic carbocycles. The number of ether oxygens (including phenoxy) is 1. The summed E-state index contributed by atoms with van der Waals surface area (Å²) in [7, 11) is 3.40. The zero-order valence-corrected chi connectivity index (χ0v) is 24.9. The summed E-state index contributed by atoms with van der Waals surface area (Å²) in [6, 6.07) is 3.94. The van der Waals surface area contributed by atoms with Crippen molar-refractivity contribution < 1.29 is 22.7 Å². The number of rotatable bonds is 6. The van der Waals surface area contributed by atoms with Crippen LogP contribution < -0.4 is 20.7 Å². The molecule has 230 valence electrons. The van der Waals surface area contributed by atoms with Crippen LogP contribution in [-0.2, 0) is 11.8 Å². The summed E-state index contributed by atoms with van der Waals surface area (Å²) in [4.78, 5) is 40.7. The van der Waals surface area contributed by atoms with Crippen molar-refractivity contribution in [1.29, 1.82) is 0 Å². The lowest BCUT2D eigenvalue weighted by Crippen LogP contribution is -2.55. The number of hydrogen-bond acceptors (Lipinski definition) is 8. The molecule has 0 saturated carbocycles. The van der Waals surface area contributed by atoms with E-state index in [1.807, 2.05) is 23.8 Å². The Morgan fingerprint density at radius 3 is 2.35 bits per heavy atom. The summed E-state index contributed by atoms with van der Waals surface area (Å²) in [6.45, 7) is 8.97. The van der Waals surface area contributed by atoms with Crippen molar-refractivity contribution in [3.63, 3.8) is 0 Å². The maximum Gasteiger partial charge on any atom is 0.264 e. The Hall–Kier alpha value is -3.97. The minimum absolute atomic E-state index is 0.0846. The van der Waals surface area contributed by atoms with Gasteiger partial charge in [-0.15, -0.1) is 0 Å². The number of pyridine rings is 1. The van der Waals surface area contributed by atoms with Gasteiger partial charge < -0.3 is 24.4 Å². The van der Waals surface area contributed by atoms with Gasteiger partial charge in [0.1, 0.15) is 5.82 Å². The van der Waals surface area contributed by atoms with Crippen molar-refractivity contribution in [2.75, 3.05) is 55.0 Å². The van der Waals surface area contributed by atoms with Crippen molar-refractivity contribution in [2.45, 2.75) is 45.3 Å². The summed E-state index contributed by atoms with van der Waals surface area (Å²) < 4.78 is 50.1. The molecule has 0 aliphatic carbocycles. The number of morpholine rings is 1. The number of aryl methyl sites for hydroxylation is 1. The number of alkyl halides is 2. The van der Waals surface area contributed by atoms with E-state index >= 15 is 4.39 Å². The first kappa shape index (κ1) is 30.5. The smallest absolute Gasteiger partial charge is 0.264 e. The molecule has 4 heterocycles. The number of nitrogens with zero attached hydrogens (tertiary/aromatic N) is 6. The van der Waals surface area contributed by atoms with E-state index in [2.05, 4.69) is 34.0 Å². The van der Waals surface area contributed by atoms with Crippen LogP contribution in [0.2, 0.25) is 0 Å². The molecule has 0 bridgehead atoms. The van der Waals surface area contributed by atoms with Crippen LogP contribution in [0.4, 0.5) is 30.5 Å². The zero-order chi connectivity index (χ0) is 31.0. The Bertz CT molecular complexity index is 1540. The Kier molecular flexibility index (Phi) is 8.74. The highest BCUT2D eigenvalue weighted by Crippen LogP contribution is 2.36. The van der Waals surface area contributed by atoms with E-state index < -0.39 is 29.3 Å². The summed E-state index contributed by atoms with van der Waals surface area (Å²) >= 11 is 0. The summed E-state index contributed by atoms with van der Waals surface area (Å²) in [5.41, 5.74) is -0.485. The van der Waals surface area contributed by atoms with E-state index in [1.54, 1.807) is 0 Å². The number of likely N-dealkylation sites (N-methyl/N-ethyl adjacent to an activating group) is 1. The van der Waals surface area contributed by atoms with Gasteiger partial charge in [-0.2, -0.15) is 0 Å². The first-order valence-electron chi connectivity index (χ1n) is 14.2. The van der Waals surface area contributed by atoms with Gasteiger partial charge in [0.2, 0.25) is 5.95 Å². The molecule has 2 aliphatic heterocycles. The molecule has 10 nitrogen and oxygen atoms in total. The predicted octanol–water partition coefficient (Wildman–Crippen LogP) is 3.93. The van der Waals surface area contributed by atoms with Gasteiger partial charge in [0.25, 0.3) is 17.9 Å². The third-order valence-electron chi connectivity index (χ3n) is 8.35. The van der Waals surface area contributed by atoms with Crippen molar-refractivity contribution in [3.8, 4) is 11.1 Å². The molecule has 2 fully saturated rings. The minimum atomic E-state index is -3.04. The molecule has 0 spiro atoms. The largest absolute Gasteiger partial charge is 0.377 e. The van der Waals surface area contributed by atoms with Gasteiger partial charge in [-0.3, -0.25) is 14.5 Å². The number of aromatic nitrogens is 3. The van der Waals surface area contributed by atoms with Gasteiger partial charge in [0, 0.05) is 80.1 Å². The summed E-state index contributed by atoms with van der Waals surface area (Å²) in [6.07, 6.45) is 1.09. The number of benzene rings is 1. The molecule has 1 N–H and O–H groups in total. The Balaban J connectivity index is 1.55. The zero-order valence-electron chi connectivity index (χ0n) is 24.9. The molecule has 5 rings (SSSR count). The van der Waals surface area contributed by atoms with Gasteiger partial charge >= 0.3 is 0 Å². The van der Waals surface area contributed by atoms with Gasteiger partial charge in [0.15, 0.2) is 0 Å². The van der Waals surface area contributed by atoms with Crippen molar-refractivity contribution in [1.82, 2.24) is 19.4 Å². The molecule has 3 atom stereocenters. The van der Waals surface area contributed by atoms with E-state index in [0.717, 1.165) is 16.8 Å². The van der Waals surface area contributed by atoms with E-state index in [0.29, 0.717) is 50.0 Å². The molecule has 3 aromatic rings. The first-order valence-corrected chi connectivity index (χ1v) is 14.2. The lowest BCUT2D eigenvalue weighted by Gasteiger charge is -2.44. The Morgan fingerprint density at radius 2 is 1.72 bits per heavy atom. The molecule has 13 heteroatoms. The maximum atomic E-state index is 15.8. The van der Waals surface area contributed by atoms with E-state index in [1.165, 1.54) is 31.6 Å². The Labute approximate surface area is 248 Å². The van der Waals surface area contributed by atoms with E-state index in [9.17, 15) is 18.4 Å². The monoisotopic (exact) mass is 599 g/mol. The van der Waals surface area contributed by atoms with Crippen LogP contribution in [0.15, 0.2) is 41.6 Å². The number of carbonyl (C=O) groups is 1. The van der Waals surface area contributed by atoms with E-state index in [-0.39, 0.29) is 34.9 Å². The van der Waals surface area contributed by atoms with Crippen LogP contribution >= 0.6 is 0 Å². The molecule has 1 amide bonds. The van der Waals surface area contributed by atoms with Crippen LogP contribution in [0.5, 0.6) is 0 Å². The fraction of sp³-hybridized carbons (Fsp3) is 0.467. The molecular weight excluding hydrogens is 563 g/mol. The lowest BCUT2D eigenvalue weighted by atomic mass is 10.0. The van der Waals surface area contributed by atoms with Gasteiger partial charge in [-0.05, 0) is 40.0 Å². The average molecular weight is 600 g/mol. The number of anilines is 3. The van der Waals surface area contributed by atoms with E-state index in [4.69, 9.17) is 4.74 Å².